The van der Waals surface area contributed by atoms with E-state index in [-0.39, 0.29) is 0 Å². The topological polar surface area (TPSA) is 49.9 Å². The van der Waals surface area contributed by atoms with Crippen LogP contribution in [0.3, 0.4) is 0 Å². The van der Waals surface area contributed by atoms with Crippen LogP contribution in [0, 0.1) is 5.41 Å². The van der Waals surface area contributed by atoms with Crippen LogP contribution < -0.4 is 5.32 Å². The molecule has 0 unspecified atom stereocenters. The van der Waals surface area contributed by atoms with Gasteiger partial charge in [-0.15, -0.1) is 0 Å². The van der Waals surface area contributed by atoms with Crippen LogP contribution in [0.5, 0.6) is 0 Å². The first-order valence-corrected chi connectivity index (χ1v) is 6.91. The number of nitrogens with zero attached hydrogens (tertiary/aromatic N) is 1. The molecule has 0 bridgehead atoms. The highest BCUT2D eigenvalue weighted by Gasteiger charge is 2.14. The number of aryl methyl sites for hydroxylation is 1. The summed E-state index contributed by atoms with van der Waals surface area (Å²) in [4.78, 5) is 7.30. The normalized spacial score (nSPS) is 11.9. The predicted octanol–water partition coefficient (Wildman–Crippen LogP) is 2.38. The quantitative estimate of drug-likeness (QED) is 0.629. The summed E-state index contributed by atoms with van der Waals surface area (Å²) in [5.74, 6) is 1.07. The van der Waals surface area contributed by atoms with Gasteiger partial charge in [0, 0.05) is 25.4 Å². The van der Waals surface area contributed by atoms with Gasteiger partial charge in [0.15, 0.2) is 0 Å². The van der Waals surface area contributed by atoms with E-state index in [1.807, 2.05) is 6.20 Å². The minimum atomic E-state index is 0.305. The maximum Gasteiger partial charge on any atom is 0.106 e. The monoisotopic (exact) mass is 253 g/mol. The maximum atomic E-state index is 5.66. The molecule has 1 rings (SSSR count). The second-order valence-corrected chi connectivity index (χ2v) is 5.46. The Morgan fingerprint density at radius 1 is 1.39 bits per heavy atom. The first-order valence-electron chi connectivity index (χ1n) is 6.91. The van der Waals surface area contributed by atoms with E-state index in [0.717, 1.165) is 51.4 Å². The Hall–Kier alpha value is -0.870. The van der Waals surface area contributed by atoms with E-state index >= 15 is 0 Å². The summed E-state index contributed by atoms with van der Waals surface area (Å²) in [7, 11) is 0. The third-order valence-corrected chi connectivity index (χ3v) is 3.20. The average Bonchev–Trinajstić information content (AvgIpc) is 2.85. The molecule has 0 amide bonds. The molecular formula is C14H27N3O. The summed E-state index contributed by atoms with van der Waals surface area (Å²) in [5.41, 5.74) is 0.305. The van der Waals surface area contributed by atoms with Crippen molar-refractivity contribution in [1.29, 1.82) is 0 Å². The molecule has 4 heteroatoms. The van der Waals surface area contributed by atoms with Crippen LogP contribution in [-0.4, -0.2) is 36.3 Å². The number of hydrogen-bond acceptors (Lipinski definition) is 3. The summed E-state index contributed by atoms with van der Waals surface area (Å²) in [6.45, 7) is 10.3. The molecule has 2 N–H and O–H groups in total. The van der Waals surface area contributed by atoms with E-state index in [0.29, 0.717) is 5.41 Å². The van der Waals surface area contributed by atoms with Crippen LogP contribution in [0.4, 0.5) is 0 Å². The molecule has 0 fully saturated rings. The van der Waals surface area contributed by atoms with Gasteiger partial charge in [0.25, 0.3) is 0 Å². The highest BCUT2D eigenvalue weighted by Crippen LogP contribution is 2.19. The van der Waals surface area contributed by atoms with Crippen LogP contribution in [0.2, 0.25) is 0 Å². The number of aromatic amines is 1. The van der Waals surface area contributed by atoms with Crippen molar-refractivity contribution in [2.75, 3.05) is 26.3 Å². The molecule has 0 saturated carbocycles. The summed E-state index contributed by atoms with van der Waals surface area (Å²) in [6.07, 6.45) is 6.93. The fourth-order valence-corrected chi connectivity index (χ4v) is 1.54. The molecule has 1 aromatic heterocycles. The third-order valence-electron chi connectivity index (χ3n) is 3.20. The van der Waals surface area contributed by atoms with E-state index < -0.39 is 0 Å². The van der Waals surface area contributed by atoms with Crippen molar-refractivity contribution in [1.82, 2.24) is 15.3 Å². The Balaban J connectivity index is 1.87. The van der Waals surface area contributed by atoms with Crippen molar-refractivity contribution in [2.45, 2.75) is 40.0 Å². The van der Waals surface area contributed by atoms with Crippen molar-refractivity contribution in [3.8, 4) is 0 Å². The van der Waals surface area contributed by atoms with E-state index in [1.165, 1.54) is 0 Å². The number of H-pyrrole nitrogens is 1. The van der Waals surface area contributed by atoms with Crippen LogP contribution in [-0.2, 0) is 11.2 Å². The SMILES string of the molecule is CCC(C)(C)COCCNCCCc1ncc[nH]1. The molecule has 0 atom stereocenters. The lowest BCUT2D eigenvalue weighted by Crippen LogP contribution is -2.25. The third kappa shape index (κ3) is 6.77. The Labute approximate surface area is 111 Å². The number of aromatic nitrogens is 2. The number of nitrogens with one attached hydrogen (secondary N) is 2. The Morgan fingerprint density at radius 3 is 2.89 bits per heavy atom. The van der Waals surface area contributed by atoms with Crippen molar-refractivity contribution in [3.05, 3.63) is 18.2 Å². The van der Waals surface area contributed by atoms with Gasteiger partial charge in [0.1, 0.15) is 5.82 Å². The van der Waals surface area contributed by atoms with E-state index in [1.54, 1.807) is 6.20 Å². The number of imidazole rings is 1. The lowest BCUT2D eigenvalue weighted by Gasteiger charge is -2.22. The van der Waals surface area contributed by atoms with Crippen LogP contribution in [0.25, 0.3) is 0 Å². The molecule has 0 aliphatic heterocycles. The highest BCUT2D eigenvalue weighted by molar-refractivity contribution is 4.86. The van der Waals surface area contributed by atoms with Crippen LogP contribution >= 0.6 is 0 Å². The summed E-state index contributed by atoms with van der Waals surface area (Å²) in [6, 6.07) is 0. The van der Waals surface area contributed by atoms with Crippen molar-refractivity contribution in [3.63, 3.8) is 0 Å². The van der Waals surface area contributed by atoms with Gasteiger partial charge in [-0.1, -0.05) is 20.8 Å². The fraction of sp³-hybridized carbons (Fsp3) is 0.786. The Bertz CT molecular complexity index is 296. The Morgan fingerprint density at radius 2 is 2.22 bits per heavy atom. The number of rotatable bonds is 10. The van der Waals surface area contributed by atoms with Gasteiger partial charge < -0.3 is 15.0 Å². The lowest BCUT2D eigenvalue weighted by atomic mass is 9.92. The zero-order valence-corrected chi connectivity index (χ0v) is 12.0. The summed E-state index contributed by atoms with van der Waals surface area (Å²) >= 11 is 0. The molecule has 0 aliphatic rings. The lowest BCUT2D eigenvalue weighted by molar-refractivity contribution is 0.0621. The molecule has 0 radical (unpaired) electrons. The largest absolute Gasteiger partial charge is 0.380 e. The van der Waals surface area contributed by atoms with Gasteiger partial charge in [0.2, 0.25) is 0 Å². The van der Waals surface area contributed by atoms with E-state index in [2.05, 4.69) is 36.1 Å². The molecule has 0 aromatic carbocycles. The van der Waals surface area contributed by atoms with E-state index in [9.17, 15) is 0 Å². The van der Waals surface area contributed by atoms with Crippen molar-refractivity contribution in [2.24, 2.45) is 5.41 Å². The first kappa shape index (κ1) is 15.2. The van der Waals surface area contributed by atoms with Gasteiger partial charge in [-0.05, 0) is 24.8 Å². The Kier molecular flexibility index (Phi) is 6.98. The highest BCUT2D eigenvalue weighted by atomic mass is 16.5. The van der Waals surface area contributed by atoms with Gasteiger partial charge in [-0.25, -0.2) is 4.98 Å². The molecule has 1 heterocycles. The maximum absolute atomic E-state index is 5.66. The van der Waals surface area contributed by atoms with Gasteiger partial charge in [0.05, 0.1) is 13.2 Å². The average molecular weight is 253 g/mol. The van der Waals surface area contributed by atoms with Crippen LogP contribution in [0.15, 0.2) is 12.4 Å². The molecule has 18 heavy (non-hydrogen) atoms. The summed E-state index contributed by atoms with van der Waals surface area (Å²) in [5, 5.41) is 3.39. The molecule has 4 nitrogen and oxygen atoms in total. The zero-order valence-electron chi connectivity index (χ0n) is 12.0. The van der Waals surface area contributed by atoms with Gasteiger partial charge >= 0.3 is 0 Å². The summed E-state index contributed by atoms with van der Waals surface area (Å²) < 4.78 is 5.66. The minimum Gasteiger partial charge on any atom is -0.380 e. The van der Waals surface area contributed by atoms with Gasteiger partial charge in [-0.3, -0.25) is 0 Å². The molecule has 104 valence electrons. The van der Waals surface area contributed by atoms with Crippen molar-refractivity contribution < 1.29 is 4.74 Å². The molecule has 0 saturated heterocycles. The number of ether oxygens (including phenoxy) is 1. The smallest absolute Gasteiger partial charge is 0.106 e. The first-order chi connectivity index (χ1) is 8.64. The second kappa shape index (κ2) is 8.27. The van der Waals surface area contributed by atoms with Crippen molar-refractivity contribution >= 4 is 0 Å². The standard InChI is InChI=1S/C14H27N3O/c1-4-14(2,3)12-18-11-10-15-7-5-6-13-16-8-9-17-13/h8-9,15H,4-7,10-12H2,1-3H3,(H,16,17). The molecule has 0 spiro atoms. The predicted molar refractivity (Wildman–Crippen MR) is 74.7 cm³/mol. The molecule has 1 aromatic rings. The number of hydrogen-bond donors (Lipinski definition) is 2. The fourth-order valence-electron chi connectivity index (χ4n) is 1.54. The van der Waals surface area contributed by atoms with Gasteiger partial charge in [-0.2, -0.15) is 0 Å². The minimum absolute atomic E-state index is 0.305. The molecular weight excluding hydrogens is 226 g/mol. The zero-order chi connectivity index (χ0) is 13.3. The molecule has 0 aliphatic carbocycles. The second-order valence-electron chi connectivity index (χ2n) is 5.46. The van der Waals surface area contributed by atoms with Crippen LogP contribution in [0.1, 0.15) is 39.4 Å². The van der Waals surface area contributed by atoms with E-state index in [4.69, 9.17) is 4.74 Å².